The first-order chi connectivity index (χ1) is 4.76. The van der Waals surface area contributed by atoms with Crippen molar-refractivity contribution in [3.63, 3.8) is 0 Å². The van der Waals surface area contributed by atoms with Gasteiger partial charge in [-0.15, -0.1) is 13.1 Å². The Balaban J connectivity index is 0.000000605. The molecule has 2 aliphatic rings. The molecular weight excluding hydrogens is 211 g/mol. The maximum atomic E-state index is 4.43. The first-order valence-electron chi connectivity index (χ1n) is 4.39. The molecule has 0 amide bonds. The van der Waals surface area contributed by atoms with Crippen molar-refractivity contribution in [1.82, 2.24) is 0 Å². The third kappa shape index (κ3) is 1.57. The fraction of sp³-hybridized carbons (Fsp3) is 1.00. The van der Waals surface area contributed by atoms with Crippen LogP contribution in [-0.4, -0.2) is 13.1 Å². The van der Waals surface area contributed by atoms with Gasteiger partial charge in [0.25, 0.3) is 0 Å². The van der Waals surface area contributed by atoms with Gasteiger partial charge in [-0.1, -0.05) is 26.2 Å². The van der Waals surface area contributed by atoms with Crippen LogP contribution < -0.4 is 0 Å². The zero-order chi connectivity index (χ0) is 7.19. The van der Waals surface area contributed by atoms with Crippen LogP contribution in [0, 0.1) is 17.3 Å². The van der Waals surface area contributed by atoms with E-state index >= 15 is 0 Å². The maximum absolute atomic E-state index is 4.43. The zero-order valence-corrected chi connectivity index (χ0v) is 10.3. The molecule has 1 saturated carbocycles. The van der Waals surface area contributed by atoms with E-state index in [9.17, 15) is 0 Å². The monoisotopic (exact) mass is 227 g/mol. The molecule has 0 aromatic carbocycles. The molecule has 0 aromatic rings. The van der Waals surface area contributed by atoms with Crippen LogP contribution in [0.4, 0.5) is 0 Å². The predicted octanol–water partition coefficient (Wildman–Crippen LogP) is 2.42. The smallest absolute Gasteiger partial charge is 0 e. The Kier molecular flexibility index (Phi) is 3.17. The van der Waals surface area contributed by atoms with E-state index in [0.29, 0.717) is 0 Å². The van der Waals surface area contributed by atoms with Gasteiger partial charge in [-0.05, 0) is 17.8 Å². The Hall–Kier alpha value is 1.06. The Bertz CT molecular complexity index is 146. The van der Waals surface area contributed by atoms with Crippen LogP contribution in [-0.2, 0) is 32.7 Å². The molecule has 1 radical (unpaired) electrons. The Morgan fingerprint density at radius 1 is 1.45 bits per heavy atom. The molecule has 61 valence electrons. The molecule has 1 saturated heterocycles. The van der Waals surface area contributed by atoms with E-state index in [1.807, 2.05) is 0 Å². The van der Waals surface area contributed by atoms with Crippen LogP contribution in [0.15, 0.2) is 0 Å². The fourth-order valence-electron chi connectivity index (χ4n) is 2.48. The van der Waals surface area contributed by atoms with Crippen LogP contribution in [0.25, 0.3) is 5.32 Å². The van der Waals surface area contributed by atoms with Gasteiger partial charge in [-0.2, -0.15) is 0 Å². The average Bonchev–Trinajstić information content (AvgIpc) is 2.61. The van der Waals surface area contributed by atoms with Gasteiger partial charge < -0.3 is 5.32 Å². The van der Waals surface area contributed by atoms with E-state index in [4.69, 9.17) is 0 Å². The van der Waals surface area contributed by atoms with Gasteiger partial charge in [-0.25, -0.2) is 0 Å². The molecule has 1 heterocycles. The fourth-order valence-corrected chi connectivity index (χ4v) is 2.48. The largest absolute Gasteiger partial charge is 0.662 e. The minimum atomic E-state index is 0. The second kappa shape index (κ2) is 3.43. The minimum Gasteiger partial charge on any atom is -0.662 e. The molecule has 2 atom stereocenters. The molecule has 1 nitrogen and oxygen atoms in total. The topological polar surface area (TPSA) is 14.1 Å². The van der Waals surface area contributed by atoms with Gasteiger partial charge in [0.1, 0.15) is 0 Å². The summed E-state index contributed by atoms with van der Waals surface area (Å²) < 4.78 is 0. The Morgan fingerprint density at radius 3 is 2.64 bits per heavy atom. The molecule has 0 bridgehead atoms. The van der Waals surface area contributed by atoms with Gasteiger partial charge in [0.15, 0.2) is 0 Å². The van der Waals surface area contributed by atoms with Gasteiger partial charge in [0.2, 0.25) is 0 Å². The summed E-state index contributed by atoms with van der Waals surface area (Å²) in [5.41, 5.74) is 0.752. The molecule has 0 aromatic heterocycles. The summed E-state index contributed by atoms with van der Waals surface area (Å²) in [4.78, 5) is 0. The molecule has 1 aliphatic carbocycles. The summed E-state index contributed by atoms with van der Waals surface area (Å²) in [6.07, 6.45) is 2.84. The standard InChI is InChI=1S/C9H16N.Y/c1-7(2)9-3-4-10-6-8(9)5-9;/h7-8H,3-6H2,1-2H3;/q-1;. The van der Waals surface area contributed by atoms with Crippen molar-refractivity contribution in [2.45, 2.75) is 26.7 Å². The van der Waals surface area contributed by atoms with Crippen molar-refractivity contribution in [2.24, 2.45) is 17.3 Å². The summed E-state index contributed by atoms with van der Waals surface area (Å²) in [5, 5.41) is 4.43. The number of hydrogen-bond acceptors (Lipinski definition) is 0. The van der Waals surface area contributed by atoms with Gasteiger partial charge in [0, 0.05) is 32.7 Å². The maximum Gasteiger partial charge on any atom is 0 e. The molecule has 2 unspecified atom stereocenters. The average molecular weight is 227 g/mol. The molecule has 2 rings (SSSR count). The van der Waals surface area contributed by atoms with E-state index in [1.54, 1.807) is 0 Å². The van der Waals surface area contributed by atoms with E-state index in [-0.39, 0.29) is 32.7 Å². The molecular formula is C9H16NY-. The van der Waals surface area contributed by atoms with Crippen molar-refractivity contribution >= 4 is 0 Å². The van der Waals surface area contributed by atoms with Gasteiger partial charge >= 0.3 is 0 Å². The molecule has 2 heteroatoms. The van der Waals surface area contributed by atoms with E-state index in [0.717, 1.165) is 30.3 Å². The molecule has 1 aliphatic heterocycles. The summed E-state index contributed by atoms with van der Waals surface area (Å²) in [7, 11) is 0. The van der Waals surface area contributed by atoms with Crippen LogP contribution in [0.3, 0.4) is 0 Å². The predicted molar refractivity (Wildman–Crippen MR) is 43.1 cm³/mol. The number of hydrogen-bond donors (Lipinski definition) is 0. The molecule has 2 fully saturated rings. The number of nitrogens with zero attached hydrogens (tertiary/aromatic N) is 1. The summed E-state index contributed by atoms with van der Waals surface area (Å²) in [6.45, 7) is 7.03. The van der Waals surface area contributed by atoms with Gasteiger partial charge in [-0.3, -0.25) is 0 Å². The minimum absolute atomic E-state index is 0. The molecule has 0 N–H and O–H groups in total. The van der Waals surface area contributed by atoms with Crippen molar-refractivity contribution < 1.29 is 32.7 Å². The normalized spacial score (nSPS) is 41.2. The van der Waals surface area contributed by atoms with Crippen LogP contribution in [0.1, 0.15) is 26.7 Å². The SMILES string of the molecule is CC(C)C12CC[N-]CC1C2.[Y]. The van der Waals surface area contributed by atoms with Crippen LogP contribution >= 0.6 is 0 Å². The second-order valence-electron chi connectivity index (χ2n) is 4.17. The van der Waals surface area contributed by atoms with Crippen molar-refractivity contribution in [3.8, 4) is 0 Å². The van der Waals surface area contributed by atoms with Crippen LogP contribution in [0.5, 0.6) is 0 Å². The van der Waals surface area contributed by atoms with Crippen molar-refractivity contribution in [2.75, 3.05) is 13.1 Å². The Labute approximate surface area is 94.6 Å². The number of fused-ring (bicyclic) bond motifs is 1. The van der Waals surface area contributed by atoms with E-state index < -0.39 is 0 Å². The first-order valence-corrected chi connectivity index (χ1v) is 4.39. The number of piperidine rings is 1. The summed E-state index contributed by atoms with van der Waals surface area (Å²) >= 11 is 0. The third-order valence-electron chi connectivity index (χ3n) is 3.51. The zero-order valence-electron chi connectivity index (χ0n) is 7.51. The van der Waals surface area contributed by atoms with Crippen LogP contribution in [0.2, 0.25) is 0 Å². The summed E-state index contributed by atoms with van der Waals surface area (Å²) in [5.74, 6) is 1.87. The number of rotatable bonds is 1. The first kappa shape index (κ1) is 10.1. The summed E-state index contributed by atoms with van der Waals surface area (Å²) in [6, 6.07) is 0. The Morgan fingerprint density at radius 2 is 2.18 bits per heavy atom. The van der Waals surface area contributed by atoms with Crippen molar-refractivity contribution in [3.05, 3.63) is 5.32 Å². The quantitative estimate of drug-likeness (QED) is 0.653. The third-order valence-corrected chi connectivity index (χ3v) is 3.51. The molecule has 11 heavy (non-hydrogen) atoms. The van der Waals surface area contributed by atoms with E-state index in [2.05, 4.69) is 19.2 Å². The van der Waals surface area contributed by atoms with Gasteiger partial charge in [0.05, 0.1) is 0 Å². The van der Waals surface area contributed by atoms with Crippen molar-refractivity contribution in [1.29, 1.82) is 0 Å². The van der Waals surface area contributed by atoms with E-state index in [1.165, 1.54) is 12.8 Å². The second-order valence-corrected chi connectivity index (χ2v) is 4.17. The molecule has 0 spiro atoms.